The second kappa shape index (κ2) is 22.5. The van der Waals surface area contributed by atoms with Gasteiger partial charge in [-0.25, -0.2) is 0 Å². The van der Waals surface area contributed by atoms with Crippen molar-refractivity contribution < 1.29 is 67.9 Å². The van der Waals surface area contributed by atoms with Crippen LogP contribution in [0.5, 0.6) is 0 Å². The summed E-state index contributed by atoms with van der Waals surface area (Å²) in [5.41, 5.74) is -1.47. The second-order valence-electron chi connectivity index (χ2n) is 17.8. The molecule has 4 rings (SSSR count). The summed E-state index contributed by atoms with van der Waals surface area (Å²) < 4.78 is 50.0. The number of hydrogen-bond acceptors (Lipinski definition) is 16. The first-order chi connectivity index (χ1) is 27.8. The monoisotopic (exact) mass is 843 g/mol. The number of cyclic esters (lactones) is 1. The van der Waals surface area contributed by atoms with Gasteiger partial charge in [-0.1, -0.05) is 31.2 Å². The molecule has 4 heterocycles. The fourth-order valence-electron chi connectivity index (χ4n) is 9.10. The zero-order valence-corrected chi connectivity index (χ0v) is 37.0. The van der Waals surface area contributed by atoms with Crippen LogP contribution in [0.25, 0.3) is 0 Å². The largest absolute Gasteiger partial charge is 0.462 e. The number of esters is 1. The standard InChI is InChI=1S/C43H74N2O14/c1-24-21-29(19-20-46)39(59-42-37(49)36(45(9)10)38(27(4)56-42)58-35-23-43(6,51)41(50)28(5)55-35)40(52-11)31(47)22-33(48)53-25(2)15-13-12-14-16-32(24)57-34-18-17-30(44(7)8)26(3)54-34/h12-14,16,20,24-32,34-42,47,49-51H,15,17-19,21-23H2,1-11H3/t24-,25-,26+,27+,28-,29+,30+,31-,32+,34+,35-,36+,37+,38+,39+,40+,41-,42-,43+/m1/s1. The van der Waals surface area contributed by atoms with E-state index in [1.807, 2.05) is 52.2 Å². The molecule has 0 aromatic rings. The van der Waals surface area contributed by atoms with Crippen molar-refractivity contribution in [3.05, 3.63) is 24.3 Å². The quantitative estimate of drug-likeness (QED) is 0.175. The van der Waals surface area contributed by atoms with Gasteiger partial charge in [-0.05, 0) is 93.9 Å². The Morgan fingerprint density at radius 1 is 0.864 bits per heavy atom. The molecular formula is C43H74N2O14. The van der Waals surface area contributed by atoms with E-state index in [1.165, 1.54) is 14.0 Å². The van der Waals surface area contributed by atoms with Crippen LogP contribution in [0.4, 0.5) is 0 Å². The van der Waals surface area contributed by atoms with Crippen molar-refractivity contribution in [3.8, 4) is 0 Å². The van der Waals surface area contributed by atoms with Gasteiger partial charge in [-0.3, -0.25) is 4.79 Å². The van der Waals surface area contributed by atoms with E-state index in [2.05, 4.69) is 4.90 Å². The minimum absolute atomic E-state index is 0.00885. The highest BCUT2D eigenvalue weighted by molar-refractivity contribution is 5.70. The Balaban J connectivity index is 1.66. The number of allylic oxidation sites excluding steroid dienone is 2. The predicted molar refractivity (Wildman–Crippen MR) is 217 cm³/mol. The van der Waals surface area contributed by atoms with Gasteiger partial charge in [0.05, 0.1) is 54.7 Å². The van der Waals surface area contributed by atoms with E-state index in [1.54, 1.807) is 39.8 Å². The Hall–Kier alpha value is -1.90. The Labute approximate surface area is 351 Å². The topological polar surface area (TPSA) is 195 Å². The molecule has 0 saturated carbocycles. The zero-order valence-electron chi connectivity index (χ0n) is 37.0. The summed E-state index contributed by atoms with van der Waals surface area (Å²) in [5, 5.41) is 45.1. The maximum atomic E-state index is 13.1. The second-order valence-corrected chi connectivity index (χ2v) is 17.8. The lowest BCUT2D eigenvalue weighted by atomic mass is 9.82. The molecule has 4 N–H and O–H groups in total. The highest BCUT2D eigenvalue weighted by Crippen LogP contribution is 2.37. The SMILES string of the molecule is CO[C@@H]1[C@@H](O[C@H]2O[C@@H](C)[C@H](O[C@@H]3C[C@](C)(O)[C@H](O)[C@@H](C)O3)[C@@H](N(C)C)[C@@H]2O)[C@@H](CC=O)C[C@@H](C)[C@@H](O[C@H]2CC[C@H](N(C)C)[C@H](C)O2)C=CC=CC[C@@H](C)OC(=O)C[C@H]1O. The molecule has 19 atom stereocenters. The number of hydrogen-bond donors (Lipinski definition) is 4. The lowest BCUT2D eigenvalue weighted by Crippen LogP contribution is -2.65. The molecule has 0 bridgehead atoms. The fraction of sp³-hybridized carbons (Fsp3) is 0.860. The molecule has 0 aromatic heterocycles. The van der Waals surface area contributed by atoms with E-state index in [0.29, 0.717) is 19.3 Å². The summed E-state index contributed by atoms with van der Waals surface area (Å²) >= 11 is 0. The first-order valence-corrected chi connectivity index (χ1v) is 21.3. The first-order valence-electron chi connectivity index (χ1n) is 21.3. The van der Waals surface area contributed by atoms with E-state index in [4.69, 9.17) is 37.9 Å². The number of aldehydes is 1. The molecule has 4 aliphatic rings. The van der Waals surface area contributed by atoms with Gasteiger partial charge in [-0.15, -0.1) is 0 Å². The van der Waals surface area contributed by atoms with Crippen LogP contribution in [0.2, 0.25) is 0 Å². The summed E-state index contributed by atoms with van der Waals surface area (Å²) in [4.78, 5) is 29.5. The molecule has 16 heteroatoms. The Morgan fingerprint density at radius 3 is 2.17 bits per heavy atom. The highest BCUT2D eigenvalue weighted by atomic mass is 16.7. The van der Waals surface area contributed by atoms with Gasteiger partial charge in [0.2, 0.25) is 0 Å². The molecule has 0 spiro atoms. The molecule has 340 valence electrons. The molecule has 3 saturated heterocycles. The smallest absolute Gasteiger partial charge is 0.308 e. The summed E-state index contributed by atoms with van der Waals surface area (Å²) in [7, 11) is 9.03. The highest BCUT2D eigenvalue weighted by Gasteiger charge is 2.52. The molecule has 0 aliphatic carbocycles. The Bertz CT molecular complexity index is 1370. The van der Waals surface area contributed by atoms with Crippen LogP contribution in [0.15, 0.2) is 24.3 Å². The third kappa shape index (κ3) is 13.3. The molecule has 0 amide bonds. The van der Waals surface area contributed by atoms with Crippen molar-refractivity contribution in [2.75, 3.05) is 35.3 Å². The summed E-state index contributed by atoms with van der Waals surface area (Å²) in [5.74, 6) is -1.47. The van der Waals surface area contributed by atoms with E-state index in [0.717, 1.165) is 12.7 Å². The molecule has 3 fully saturated rings. The molecule has 16 nitrogen and oxygen atoms in total. The Morgan fingerprint density at radius 2 is 1.56 bits per heavy atom. The Kier molecular flexibility index (Phi) is 18.9. The number of aliphatic hydroxyl groups is 4. The van der Waals surface area contributed by atoms with E-state index in [-0.39, 0.29) is 30.9 Å². The molecule has 0 unspecified atom stereocenters. The van der Waals surface area contributed by atoms with Gasteiger partial charge in [0.25, 0.3) is 0 Å². The van der Waals surface area contributed by atoms with Gasteiger partial charge in [0, 0.05) is 32.4 Å². The molecule has 4 aliphatic heterocycles. The van der Waals surface area contributed by atoms with Crippen LogP contribution < -0.4 is 0 Å². The minimum Gasteiger partial charge on any atom is -0.462 e. The average Bonchev–Trinajstić information content (AvgIpc) is 3.13. The van der Waals surface area contributed by atoms with Crippen LogP contribution >= 0.6 is 0 Å². The van der Waals surface area contributed by atoms with Crippen LogP contribution in [-0.2, 0) is 47.5 Å². The van der Waals surface area contributed by atoms with Crippen LogP contribution in [-0.4, -0.2) is 181 Å². The summed E-state index contributed by atoms with van der Waals surface area (Å²) in [6.07, 6.45) is -1.56. The van der Waals surface area contributed by atoms with Crippen LogP contribution in [0, 0.1) is 11.8 Å². The lowest BCUT2D eigenvalue weighted by Gasteiger charge is -2.50. The van der Waals surface area contributed by atoms with Crippen LogP contribution in [0.1, 0.15) is 86.5 Å². The maximum Gasteiger partial charge on any atom is 0.308 e. The van der Waals surface area contributed by atoms with Gasteiger partial charge in [0.15, 0.2) is 18.9 Å². The van der Waals surface area contributed by atoms with E-state index in [9.17, 15) is 30.0 Å². The number of carbonyl (C=O) groups is 2. The van der Waals surface area contributed by atoms with Crippen molar-refractivity contribution >= 4 is 12.3 Å². The third-order valence-corrected chi connectivity index (χ3v) is 12.4. The lowest BCUT2D eigenvalue weighted by molar-refractivity contribution is -0.344. The van der Waals surface area contributed by atoms with Gasteiger partial charge < -0.3 is 72.9 Å². The molecule has 0 radical (unpaired) electrons. The number of ether oxygens (including phenoxy) is 8. The van der Waals surface area contributed by atoms with E-state index < -0.39 is 110 Å². The molecule has 0 aromatic carbocycles. The average molecular weight is 843 g/mol. The predicted octanol–water partition coefficient (Wildman–Crippen LogP) is 2.33. The van der Waals surface area contributed by atoms with Gasteiger partial charge >= 0.3 is 5.97 Å². The summed E-state index contributed by atoms with van der Waals surface area (Å²) in [6.45, 7) is 10.8. The zero-order chi connectivity index (χ0) is 43.8. The maximum absolute atomic E-state index is 13.1. The number of likely N-dealkylation sites (N-methyl/N-ethyl adjacent to an activating group) is 2. The number of methoxy groups -OCH3 is 1. The fourth-order valence-corrected chi connectivity index (χ4v) is 9.10. The van der Waals surface area contributed by atoms with Crippen molar-refractivity contribution in [2.45, 2.75) is 190 Å². The normalized spacial score (nSPS) is 44.7. The van der Waals surface area contributed by atoms with Crippen LogP contribution in [0.3, 0.4) is 0 Å². The number of nitrogens with zero attached hydrogens (tertiary/aromatic N) is 2. The molecule has 59 heavy (non-hydrogen) atoms. The third-order valence-electron chi connectivity index (χ3n) is 12.4. The summed E-state index contributed by atoms with van der Waals surface area (Å²) in [6, 6.07) is -0.466. The number of aliphatic hydroxyl groups excluding tert-OH is 3. The van der Waals surface area contributed by atoms with Crippen molar-refractivity contribution in [2.24, 2.45) is 11.8 Å². The molecular weight excluding hydrogens is 768 g/mol. The van der Waals surface area contributed by atoms with Crippen molar-refractivity contribution in [3.63, 3.8) is 0 Å². The van der Waals surface area contributed by atoms with E-state index >= 15 is 0 Å². The number of rotatable bonds is 11. The number of carbonyl (C=O) groups excluding carboxylic acids is 2. The van der Waals surface area contributed by atoms with Crippen molar-refractivity contribution in [1.82, 2.24) is 9.80 Å². The first kappa shape index (κ1) is 49.8. The van der Waals surface area contributed by atoms with Crippen molar-refractivity contribution in [1.29, 1.82) is 0 Å². The van der Waals surface area contributed by atoms with Gasteiger partial charge in [-0.2, -0.15) is 0 Å². The van der Waals surface area contributed by atoms with Gasteiger partial charge in [0.1, 0.15) is 36.8 Å². The minimum atomic E-state index is -1.47.